The summed E-state index contributed by atoms with van der Waals surface area (Å²) in [5.41, 5.74) is 2.54. The molecule has 0 saturated carbocycles. The van der Waals surface area contributed by atoms with Gasteiger partial charge in [-0.15, -0.1) is 10.2 Å². The summed E-state index contributed by atoms with van der Waals surface area (Å²) in [5, 5.41) is 12.7. The van der Waals surface area contributed by atoms with E-state index < -0.39 is 0 Å². The molecule has 3 rings (SSSR count). The van der Waals surface area contributed by atoms with Crippen LogP contribution in [0.25, 0.3) is 11.4 Å². The van der Waals surface area contributed by atoms with Crippen molar-refractivity contribution in [2.45, 2.75) is 25.5 Å². The minimum Gasteiger partial charge on any atom is -0.496 e. The van der Waals surface area contributed by atoms with Crippen LogP contribution in [0.5, 0.6) is 5.75 Å². The van der Waals surface area contributed by atoms with Crippen molar-refractivity contribution >= 4 is 35.0 Å². The Kier molecular flexibility index (Phi) is 6.59. The monoisotopic (exact) mass is 416 g/mol. The van der Waals surface area contributed by atoms with Crippen molar-refractivity contribution in [1.29, 1.82) is 0 Å². The van der Waals surface area contributed by atoms with Gasteiger partial charge < -0.3 is 14.6 Å². The van der Waals surface area contributed by atoms with Crippen LogP contribution in [0.15, 0.2) is 47.6 Å². The second kappa shape index (κ2) is 9.12. The van der Waals surface area contributed by atoms with Gasteiger partial charge in [-0.3, -0.25) is 4.79 Å². The number of para-hydroxylation sites is 1. The van der Waals surface area contributed by atoms with Crippen LogP contribution in [0.4, 0.5) is 5.69 Å². The number of hydrogen-bond acceptors (Lipinski definition) is 5. The third-order valence-corrected chi connectivity index (χ3v) is 5.39. The predicted molar refractivity (Wildman–Crippen MR) is 113 cm³/mol. The quantitative estimate of drug-likeness (QED) is 0.567. The Morgan fingerprint density at radius 1 is 1.25 bits per heavy atom. The van der Waals surface area contributed by atoms with Gasteiger partial charge in [-0.25, -0.2) is 0 Å². The lowest BCUT2D eigenvalue weighted by molar-refractivity contribution is -0.113. The fraction of sp³-hybridized carbons (Fsp3) is 0.250. The molecule has 0 unspecified atom stereocenters. The lowest BCUT2D eigenvalue weighted by Gasteiger charge is -2.11. The summed E-state index contributed by atoms with van der Waals surface area (Å²) in [4.78, 5) is 12.4. The largest absolute Gasteiger partial charge is 0.496 e. The average Bonchev–Trinajstić information content (AvgIpc) is 3.11. The number of ether oxygens (including phenoxy) is 1. The van der Waals surface area contributed by atoms with E-state index in [2.05, 4.69) is 15.5 Å². The number of halogens is 1. The first-order chi connectivity index (χ1) is 13.5. The van der Waals surface area contributed by atoms with E-state index in [0.29, 0.717) is 28.2 Å². The second-order valence-electron chi connectivity index (χ2n) is 6.05. The van der Waals surface area contributed by atoms with E-state index in [0.717, 1.165) is 16.9 Å². The van der Waals surface area contributed by atoms with E-state index in [1.807, 2.05) is 48.7 Å². The number of thioether (sulfide) groups is 1. The molecular weight excluding hydrogens is 396 g/mol. The Hall–Kier alpha value is -2.51. The highest BCUT2D eigenvalue weighted by atomic mass is 35.5. The van der Waals surface area contributed by atoms with Gasteiger partial charge in [0.05, 0.1) is 18.4 Å². The van der Waals surface area contributed by atoms with Gasteiger partial charge in [-0.2, -0.15) is 0 Å². The van der Waals surface area contributed by atoms with E-state index in [-0.39, 0.29) is 11.7 Å². The van der Waals surface area contributed by atoms with Crippen molar-refractivity contribution in [2.24, 2.45) is 0 Å². The molecule has 0 fully saturated rings. The van der Waals surface area contributed by atoms with Gasteiger partial charge in [0.15, 0.2) is 11.0 Å². The third-order valence-electron chi connectivity index (χ3n) is 4.19. The number of amides is 1. The number of benzene rings is 2. The molecule has 3 aromatic rings. The number of aromatic nitrogens is 3. The lowest BCUT2D eigenvalue weighted by Crippen LogP contribution is -2.15. The molecule has 8 heteroatoms. The molecule has 6 nitrogen and oxygen atoms in total. The normalized spacial score (nSPS) is 10.7. The molecule has 28 heavy (non-hydrogen) atoms. The highest BCUT2D eigenvalue weighted by Gasteiger charge is 2.17. The molecule has 1 heterocycles. The number of hydrogen-bond donors (Lipinski definition) is 1. The van der Waals surface area contributed by atoms with Crippen LogP contribution < -0.4 is 10.1 Å². The molecule has 1 aromatic heterocycles. The zero-order valence-electron chi connectivity index (χ0n) is 15.9. The summed E-state index contributed by atoms with van der Waals surface area (Å²) >= 11 is 7.35. The Balaban J connectivity index is 1.74. The molecule has 0 radical (unpaired) electrons. The summed E-state index contributed by atoms with van der Waals surface area (Å²) in [6.45, 7) is 4.62. The molecule has 0 aliphatic heterocycles. The van der Waals surface area contributed by atoms with Crippen LogP contribution in [0.1, 0.15) is 12.5 Å². The number of anilines is 1. The summed E-state index contributed by atoms with van der Waals surface area (Å²) in [5.74, 6) is 1.54. The van der Waals surface area contributed by atoms with E-state index in [9.17, 15) is 4.79 Å². The van der Waals surface area contributed by atoms with Crippen LogP contribution >= 0.6 is 23.4 Å². The number of nitrogens with zero attached hydrogens (tertiary/aromatic N) is 3. The van der Waals surface area contributed by atoms with E-state index >= 15 is 0 Å². The van der Waals surface area contributed by atoms with E-state index in [4.69, 9.17) is 16.3 Å². The minimum atomic E-state index is -0.125. The smallest absolute Gasteiger partial charge is 0.234 e. The van der Waals surface area contributed by atoms with Crippen LogP contribution in [-0.2, 0) is 11.3 Å². The van der Waals surface area contributed by atoms with Gasteiger partial charge in [0.25, 0.3) is 0 Å². The number of methoxy groups -OCH3 is 1. The first-order valence-corrected chi connectivity index (χ1v) is 10.1. The maximum absolute atomic E-state index is 12.4. The molecule has 0 aliphatic carbocycles. The van der Waals surface area contributed by atoms with Gasteiger partial charge in [0.2, 0.25) is 5.91 Å². The number of carbonyl (C=O) groups excluding carboxylic acids is 1. The van der Waals surface area contributed by atoms with Crippen LogP contribution in [-0.4, -0.2) is 33.5 Å². The van der Waals surface area contributed by atoms with Crippen LogP contribution in [0.2, 0.25) is 5.02 Å². The summed E-state index contributed by atoms with van der Waals surface area (Å²) in [7, 11) is 1.63. The minimum absolute atomic E-state index is 0.125. The first-order valence-electron chi connectivity index (χ1n) is 8.78. The van der Waals surface area contributed by atoms with Gasteiger partial charge >= 0.3 is 0 Å². The molecule has 1 amide bonds. The van der Waals surface area contributed by atoms with Gasteiger partial charge in [-0.1, -0.05) is 41.6 Å². The molecule has 1 N–H and O–H groups in total. The topological polar surface area (TPSA) is 69.0 Å². The standard InChI is InChI=1S/C20H21ClN4O2S/c1-4-25-19(15-7-5-6-8-17(15)27-3)23-24-20(25)28-12-18(26)22-16-11-14(21)10-9-13(16)2/h5-11H,4,12H2,1-3H3,(H,22,26). The molecule has 146 valence electrons. The van der Waals surface area contributed by atoms with Crippen LogP contribution in [0, 0.1) is 6.92 Å². The van der Waals surface area contributed by atoms with Crippen molar-refractivity contribution in [3.05, 3.63) is 53.1 Å². The van der Waals surface area contributed by atoms with Crippen molar-refractivity contribution in [3.8, 4) is 17.1 Å². The highest BCUT2D eigenvalue weighted by Crippen LogP contribution is 2.31. The van der Waals surface area contributed by atoms with Crippen molar-refractivity contribution < 1.29 is 9.53 Å². The Bertz CT molecular complexity index is 990. The van der Waals surface area contributed by atoms with Gasteiger partial charge in [0.1, 0.15) is 5.75 Å². The Labute approximate surface area is 173 Å². The van der Waals surface area contributed by atoms with Crippen LogP contribution in [0.3, 0.4) is 0 Å². The fourth-order valence-corrected chi connectivity index (χ4v) is 3.73. The number of nitrogens with one attached hydrogen (secondary N) is 1. The molecule has 0 saturated heterocycles. The van der Waals surface area contributed by atoms with Crippen molar-refractivity contribution in [1.82, 2.24) is 14.8 Å². The van der Waals surface area contributed by atoms with E-state index in [1.54, 1.807) is 19.2 Å². The third kappa shape index (κ3) is 4.48. The molecule has 0 aliphatic rings. The number of aryl methyl sites for hydroxylation is 1. The second-order valence-corrected chi connectivity index (χ2v) is 7.43. The predicted octanol–water partition coefficient (Wildman–Crippen LogP) is 4.67. The molecule has 2 aromatic carbocycles. The van der Waals surface area contributed by atoms with Gasteiger partial charge in [-0.05, 0) is 43.7 Å². The fourth-order valence-electron chi connectivity index (χ4n) is 2.75. The molecule has 0 bridgehead atoms. The Morgan fingerprint density at radius 3 is 2.79 bits per heavy atom. The number of rotatable bonds is 7. The molecule has 0 atom stereocenters. The lowest BCUT2D eigenvalue weighted by atomic mass is 10.2. The zero-order valence-corrected chi connectivity index (χ0v) is 17.5. The molecular formula is C20H21ClN4O2S. The van der Waals surface area contributed by atoms with Crippen molar-refractivity contribution in [2.75, 3.05) is 18.2 Å². The van der Waals surface area contributed by atoms with E-state index in [1.165, 1.54) is 11.8 Å². The zero-order chi connectivity index (χ0) is 20.1. The SMILES string of the molecule is CCn1c(SCC(=O)Nc2cc(Cl)ccc2C)nnc1-c1ccccc1OC. The average molecular weight is 417 g/mol. The maximum atomic E-state index is 12.4. The summed E-state index contributed by atoms with van der Waals surface area (Å²) in [6, 6.07) is 13.1. The first kappa shape index (κ1) is 20.2. The Morgan fingerprint density at radius 2 is 2.04 bits per heavy atom. The molecule has 0 spiro atoms. The highest BCUT2D eigenvalue weighted by molar-refractivity contribution is 7.99. The maximum Gasteiger partial charge on any atom is 0.234 e. The van der Waals surface area contributed by atoms with Crippen molar-refractivity contribution in [3.63, 3.8) is 0 Å². The van der Waals surface area contributed by atoms with Gasteiger partial charge in [0, 0.05) is 17.3 Å². The number of carbonyl (C=O) groups is 1. The summed E-state index contributed by atoms with van der Waals surface area (Å²) < 4.78 is 7.40. The summed E-state index contributed by atoms with van der Waals surface area (Å²) in [6.07, 6.45) is 0.